The molecule has 1 aliphatic heterocycles. The molecule has 86 valence electrons. The van der Waals surface area contributed by atoms with Crippen LogP contribution in [0.5, 0.6) is 0 Å². The van der Waals surface area contributed by atoms with Crippen LogP contribution in [-0.2, 0) is 4.74 Å². The number of hydrogen-bond acceptors (Lipinski definition) is 2. The molecular weight excluding hydrogens is 224 g/mol. The van der Waals surface area contributed by atoms with E-state index < -0.39 is 0 Å². The van der Waals surface area contributed by atoms with E-state index in [0.29, 0.717) is 0 Å². The molecule has 3 rings (SSSR count). The lowest BCUT2D eigenvalue weighted by atomic mass is 10.0. The Kier molecular flexibility index (Phi) is 3.49. The van der Waals surface area contributed by atoms with Crippen molar-refractivity contribution in [2.24, 2.45) is 0 Å². The number of fused-ring (bicyclic) bond motifs is 1. The van der Waals surface area contributed by atoms with Crippen molar-refractivity contribution < 1.29 is 4.74 Å². The van der Waals surface area contributed by atoms with Crippen molar-refractivity contribution >= 4 is 23.3 Å². The molecule has 2 N–H and O–H groups in total. The first kappa shape index (κ1) is 11.5. The summed E-state index contributed by atoms with van der Waals surface area (Å²) in [5.41, 5.74) is 2.46. The van der Waals surface area contributed by atoms with E-state index in [2.05, 4.69) is 34.6 Å². The molecule has 0 radical (unpaired) electrons. The normalized spacial score (nSPS) is 20.6. The molecule has 0 aliphatic carbocycles. The Morgan fingerprint density at radius 1 is 1.25 bits per heavy atom. The maximum atomic E-state index is 5.77. The van der Waals surface area contributed by atoms with Gasteiger partial charge in [-0.3, -0.25) is 0 Å². The number of benzene rings is 1. The van der Waals surface area contributed by atoms with E-state index in [4.69, 9.17) is 4.74 Å². The number of aromatic nitrogens is 1. The fraction of sp³-hybridized carbons (Fsp3) is 0.333. The van der Waals surface area contributed by atoms with Crippen LogP contribution in [0.15, 0.2) is 30.5 Å². The van der Waals surface area contributed by atoms with Crippen molar-refractivity contribution in [3.63, 3.8) is 0 Å². The van der Waals surface area contributed by atoms with Crippen molar-refractivity contribution in [1.82, 2.24) is 10.3 Å². The molecule has 0 saturated carbocycles. The molecule has 1 fully saturated rings. The Morgan fingerprint density at radius 3 is 3.00 bits per heavy atom. The van der Waals surface area contributed by atoms with Gasteiger partial charge >= 0.3 is 0 Å². The molecule has 1 saturated heterocycles. The number of halogens is 1. The fourth-order valence-electron chi connectivity index (χ4n) is 2.16. The van der Waals surface area contributed by atoms with Gasteiger partial charge in [0.25, 0.3) is 0 Å². The zero-order valence-electron chi connectivity index (χ0n) is 8.90. The molecule has 2 aromatic rings. The minimum absolute atomic E-state index is 0. The van der Waals surface area contributed by atoms with Crippen LogP contribution in [0, 0.1) is 0 Å². The molecule has 3 nitrogen and oxygen atoms in total. The number of ether oxygens (including phenoxy) is 1. The number of nitrogens with one attached hydrogen (secondary N) is 2. The van der Waals surface area contributed by atoms with Gasteiger partial charge in [-0.25, -0.2) is 0 Å². The summed E-state index contributed by atoms with van der Waals surface area (Å²) in [6.45, 7) is 2.66. The Morgan fingerprint density at radius 2 is 2.19 bits per heavy atom. The van der Waals surface area contributed by atoms with E-state index in [-0.39, 0.29) is 18.5 Å². The van der Waals surface area contributed by atoms with Crippen molar-refractivity contribution in [2.75, 3.05) is 19.7 Å². The maximum absolute atomic E-state index is 5.77. The Hall–Kier alpha value is -1.03. The van der Waals surface area contributed by atoms with Gasteiger partial charge in [0.2, 0.25) is 0 Å². The fourth-order valence-corrected chi connectivity index (χ4v) is 2.16. The summed E-state index contributed by atoms with van der Waals surface area (Å²) in [5, 5.41) is 4.62. The number of H-pyrrole nitrogens is 1. The van der Waals surface area contributed by atoms with Crippen LogP contribution in [0.25, 0.3) is 10.9 Å². The minimum Gasteiger partial charge on any atom is -0.371 e. The van der Waals surface area contributed by atoms with Crippen LogP contribution >= 0.6 is 12.4 Å². The van der Waals surface area contributed by atoms with Gasteiger partial charge in [0.05, 0.1) is 12.7 Å². The first-order valence-electron chi connectivity index (χ1n) is 5.33. The van der Waals surface area contributed by atoms with Crippen LogP contribution in [0.2, 0.25) is 0 Å². The molecule has 1 unspecified atom stereocenters. The van der Waals surface area contributed by atoms with Crippen LogP contribution < -0.4 is 5.32 Å². The highest BCUT2D eigenvalue weighted by Crippen LogP contribution is 2.26. The van der Waals surface area contributed by atoms with Gasteiger partial charge < -0.3 is 15.0 Å². The largest absolute Gasteiger partial charge is 0.371 e. The van der Waals surface area contributed by atoms with Gasteiger partial charge in [0.15, 0.2) is 0 Å². The molecule has 1 atom stereocenters. The second kappa shape index (κ2) is 4.87. The Balaban J connectivity index is 0.000000963. The summed E-state index contributed by atoms with van der Waals surface area (Å²) in [5.74, 6) is 0. The van der Waals surface area contributed by atoms with Crippen LogP contribution in [0.4, 0.5) is 0 Å². The number of morpholine rings is 1. The molecule has 16 heavy (non-hydrogen) atoms. The summed E-state index contributed by atoms with van der Waals surface area (Å²) in [6, 6.07) is 8.43. The molecule has 1 aromatic heterocycles. The molecule has 0 spiro atoms. The predicted octanol–water partition coefficient (Wildman–Crippen LogP) is 2.25. The molecule has 0 amide bonds. The van der Waals surface area contributed by atoms with E-state index in [1.165, 1.54) is 16.5 Å². The third-order valence-corrected chi connectivity index (χ3v) is 2.90. The smallest absolute Gasteiger partial charge is 0.0956 e. The maximum Gasteiger partial charge on any atom is 0.0956 e. The van der Waals surface area contributed by atoms with E-state index in [1.54, 1.807) is 0 Å². The second-order valence-electron chi connectivity index (χ2n) is 3.85. The third-order valence-electron chi connectivity index (χ3n) is 2.90. The topological polar surface area (TPSA) is 37.0 Å². The highest BCUT2D eigenvalue weighted by atomic mass is 35.5. The second-order valence-corrected chi connectivity index (χ2v) is 3.85. The highest BCUT2D eigenvalue weighted by molar-refractivity contribution is 5.85. The summed E-state index contributed by atoms with van der Waals surface area (Å²) in [6.07, 6.45) is 2.17. The average Bonchev–Trinajstić information content (AvgIpc) is 2.78. The van der Waals surface area contributed by atoms with E-state index in [0.717, 1.165) is 19.7 Å². The molecular formula is C12H15ClN2O. The quantitative estimate of drug-likeness (QED) is 0.800. The zero-order chi connectivity index (χ0) is 10.1. The summed E-state index contributed by atoms with van der Waals surface area (Å²) >= 11 is 0. The zero-order valence-corrected chi connectivity index (χ0v) is 9.72. The molecule has 0 bridgehead atoms. The van der Waals surface area contributed by atoms with Crippen molar-refractivity contribution in [2.45, 2.75) is 6.10 Å². The SMILES string of the molecule is Cl.c1cc(C2CNCCO2)c2cc[nH]c2c1. The van der Waals surface area contributed by atoms with E-state index in [9.17, 15) is 0 Å². The highest BCUT2D eigenvalue weighted by Gasteiger charge is 2.17. The van der Waals surface area contributed by atoms with Crippen LogP contribution in [-0.4, -0.2) is 24.7 Å². The summed E-state index contributed by atoms with van der Waals surface area (Å²) in [7, 11) is 0. The summed E-state index contributed by atoms with van der Waals surface area (Å²) in [4.78, 5) is 3.22. The van der Waals surface area contributed by atoms with Crippen LogP contribution in [0.1, 0.15) is 11.7 Å². The first-order chi connectivity index (χ1) is 7.45. The van der Waals surface area contributed by atoms with Gasteiger partial charge in [0, 0.05) is 30.2 Å². The monoisotopic (exact) mass is 238 g/mol. The van der Waals surface area contributed by atoms with Crippen LogP contribution in [0.3, 0.4) is 0 Å². The Labute approximate surface area is 101 Å². The predicted molar refractivity (Wildman–Crippen MR) is 67.1 cm³/mol. The third kappa shape index (κ3) is 1.94. The van der Waals surface area contributed by atoms with Crippen molar-refractivity contribution in [3.05, 3.63) is 36.0 Å². The molecule has 1 aromatic carbocycles. The Bertz CT molecular complexity index is 463. The van der Waals surface area contributed by atoms with E-state index >= 15 is 0 Å². The lowest BCUT2D eigenvalue weighted by Crippen LogP contribution is -2.33. The van der Waals surface area contributed by atoms with Gasteiger partial charge in [-0.2, -0.15) is 0 Å². The van der Waals surface area contributed by atoms with Gasteiger partial charge in [-0.1, -0.05) is 12.1 Å². The lowest BCUT2D eigenvalue weighted by Gasteiger charge is -2.24. The summed E-state index contributed by atoms with van der Waals surface area (Å²) < 4.78 is 5.77. The minimum atomic E-state index is 0. The number of hydrogen-bond donors (Lipinski definition) is 2. The van der Waals surface area contributed by atoms with Gasteiger partial charge in [-0.15, -0.1) is 12.4 Å². The van der Waals surface area contributed by atoms with Gasteiger partial charge in [-0.05, 0) is 17.7 Å². The molecule has 4 heteroatoms. The lowest BCUT2D eigenvalue weighted by molar-refractivity contribution is 0.0286. The standard InChI is InChI=1S/C12H14N2O.ClH/c1-2-10(12-8-13-6-7-15-12)9-4-5-14-11(9)3-1;/h1-5,12-14H,6-8H2;1H. The number of aromatic amines is 1. The van der Waals surface area contributed by atoms with E-state index in [1.807, 2.05) is 6.20 Å². The van der Waals surface area contributed by atoms with Crippen molar-refractivity contribution in [1.29, 1.82) is 0 Å². The van der Waals surface area contributed by atoms with Crippen molar-refractivity contribution in [3.8, 4) is 0 Å². The molecule has 2 heterocycles. The average molecular weight is 239 g/mol. The molecule has 1 aliphatic rings. The number of rotatable bonds is 1. The van der Waals surface area contributed by atoms with Gasteiger partial charge in [0.1, 0.15) is 0 Å². The first-order valence-corrected chi connectivity index (χ1v) is 5.33.